The molecule has 1 N–H and O–H groups in total. The van der Waals surface area contributed by atoms with Gasteiger partial charge in [0.1, 0.15) is 6.10 Å². The molecule has 1 heterocycles. The number of cyclic esters (lactones) is 1. The predicted octanol–water partition coefficient (Wildman–Crippen LogP) is 2.02. The van der Waals surface area contributed by atoms with Gasteiger partial charge in [0.25, 0.3) is 0 Å². The molecule has 4 nitrogen and oxygen atoms in total. The lowest BCUT2D eigenvalue weighted by molar-refractivity contribution is -0.137. The summed E-state index contributed by atoms with van der Waals surface area (Å²) in [6.45, 7) is -0.322. The van der Waals surface area contributed by atoms with Crippen LogP contribution >= 0.6 is 0 Å². The highest BCUT2D eigenvalue weighted by Crippen LogP contribution is 2.32. The summed E-state index contributed by atoms with van der Waals surface area (Å²) in [5.41, 5.74) is -0.731. The standard InChI is InChI=1S/C11H10F3NO3/c12-11(13,14)7-2-1-3-8(4-7)15-5-9(6-16)18-10(15)17/h1-4,9,16H,5-6H2/t9-/m1/s1. The zero-order valence-corrected chi connectivity index (χ0v) is 9.15. The number of halogens is 3. The van der Waals surface area contributed by atoms with E-state index in [9.17, 15) is 18.0 Å². The molecule has 0 saturated carbocycles. The van der Waals surface area contributed by atoms with E-state index < -0.39 is 23.9 Å². The lowest BCUT2D eigenvalue weighted by Gasteiger charge is -2.15. The SMILES string of the molecule is O=C1O[C@@H](CO)CN1c1cccc(C(F)(F)F)c1. The highest BCUT2D eigenvalue weighted by Gasteiger charge is 2.34. The fraction of sp³-hybridized carbons (Fsp3) is 0.364. The van der Waals surface area contributed by atoms with E-state index in [2.05, 4.69) is 0 Å². The number of aliphatic hydroxyl groups is 1. The maximum absolute atomic E-state index is 12.5. The molecule has 0 bridgehead atoms. The molecule has 1 aromatic rings. The Balaban J connectivity index is 2.27. The number of aliphatic hydroxyl groups excluding tert-OH is 1. The maximum atomic E-state index is 12.5. The molecular weight excluding hydrogens is 251 g/mol. The van der Waals surface area contributed by atoms with Gasteiger partial charge in [-0.05, 0) is 18.2 Å². The number of nitrogens with zero attached hydrogens (tertiary/aromatic N) is 1. The minimum absolute atomic E-state index is 0.0383. The number of rotatable bonds is 2. The fourth-order valence-electron chi connectivity index (χ4n) is 1.68. The third-order valence-electron chi connectivity index (χ3n) is 2.56. The second-order valence-electron chi connectivity index (χ2n) is 3.85. The van der Waals surface area contributed by atoms with Crippen LogP contribution in [0.5, 0.6) is 0 Å². The zero-order valence-electron chi connectivity index (χ0n) is 9.15. The molecule has 18 heavy (non-hydrogen) atoms. The lowest BCUT2D eigenvalue weighted by atomic mass is 10.2. The molecule has 1 fully saturated rings. The van der Waals surface area contributed by atoms with Crippen LogP contribution in [0.1, 0.15) is 5.56 Å². The van der Waals surface area contributed by atoms with Crippen molar-refractivity contribution < 1.29 is 27.8 Å². The van der Waals surface area contributed by atoms with Crippen LogP contribution in [0.3, 0.4) is 0 Å². The van der Waals surface area contributed by atoms with E-state index >= 15 is 0 Å². The number of ether oxygens (including phenoxy) is 1. The Morgan fingerprint density at radius 3 is 2.72 bits per heavy atom. The van der Waals surface area contributed by atoms with E-state index in [0.29, 0.717) is 0 Å². The van der Waals surface area contributed by atoms with Gasteiger partial charge >= 0.3 is 12.3 Å². The van der Waals surface area contributed by atoms with Crippen molar-refractivity contribution in [2.24, 2.45) is 0 Å². The molecule has 1 aliphatic rings. The lowest BCUT2D eigenvalue weighted by Crippen LogP contribution is -2.25. The summed E-state index contributed by atoms with van der Waals surface area (Å²) >= 11 is 0. The van der Waals surface area contributed by atoms with Crippen LogP contribution in [0.4, 0.5) is 23.7 Å². The van der Waals surface area contributed by atoms with Crippen LogP contribution in [0.15, 0.2) is 24.3 Å². The van der Waals surface area contributed by atoms with Gasteiger partial charge in [-0.25, -0.2) is 4.79 Å². The smallest absolute Gasteiger partial charge is 0.416 e. The number of alkyl halides is 3. The first kappa shape index (κ1) is 12.7. The van der Waals surface area contributed by atoms with Gasteiger partial charge in [-0.3, -0.25) is 4.90 Å². The molecule has 0 aromatic heterocycles. The first-order valence-corrected chi connectivity index (χ1v) is 5.18. The maximum Gasteiger partial charge on any atom is 0.416 e. The molecule has 1 amide bonds. The van der Waals surface area contributed by atoms with Crippen LogP contribution in [-0.2, 0) is 10.9 Å². The average molecular weight is 261 g/mol. The first-order valence-electron chi connectivity index (χ1n) is 5.18. The van der Waals surface area contributed by atoms with Crippen molar-refractivity contribution >= 4 is 11.8 Å². The predicted molar refractivity (Wildman–Crippen MR) is 56.1 cm³/mol. The summed E-state index contributed by atoms with van der Waals surface area (Å²) in [5, 5.41) is 8.85. The molecule has 1 aromatic carbocycles. The second-order valence-corrected chi connectivity index (χ2v) is 3.85. The molecular formula is C11H10F3NO3. The number of hydrogen-bond acceptors (Lipinski definition) is 3. The summed E-state index contributed by atoms with van der Waals surface area (Å²) < 4.78 is 42.3. The summed E-state index contributed by atoms with van der Waals surface area (Å²) in [6, 6.07) is 4.41. The first-order chi connectivity index (χ1) is 8.41. The quantitative estimate of drug-likeness (QED) is 0.886. The van der Waals surface area contributed by atoms with E-state index in [0.717, 1.165) is 17.0 Å². The molecule has 1 saturated heterocycles. The number of anilines is 1. The molecule has 0 radical (unpaired) electrons. The molecule has 1 aliphatic heterocycles. The van der Waals surface area contributed by atoms with E-state index in [1.165, 1.54) is 12.1 Å². The summed E-state index contributed by atoms with van der Waals surface area (Å²) in [4.78, 5) is 12.5. The average Bonchev–Trinajstić information content (AvgIpc) is 2.70. The normalized spacial score (nSPS) is 20.1. The Morgan fingerprint density at radius 2 is 2.17 bits per heavy atom. The van der Waals surface area contributed by atoms with E-state index in [1.807, 2.05) is 0 Å². The highest BCUT2D eigenvalue weighted by atomic mass is 19.4. The highest BCUT2D eigenvalue weighted by molar-refractivity contribution is 5.89. The third-order valence-corrected chi connectivity index (χ3v) is 2.56. The summed E-state index contributed by atoms with van der Waals surface area (Å²) in [7, 11) is 0. The fourth-order valence-corrected chi connectivity index (χ4v) is 1.68. The van der Waals surface area contributed by atoms with Gasteiger partial charge in [0.15, 0.2) is 0 Å². The molecule has 1 atom stereocenters. The van der Waals surface area contributed by atoms with Gasteiger partial charge in [0.2, 0.25) is 0 Å². The van der Waals surface area contributed by atoms with Gasteiger partial charge in [-0.2, -0.15) is 13.2 Å². The molecule has 2 rings (SSSR count). The van der Waals surface area contributed by atoms with Crippen molar-refractivity contribution in [1.82, 2.24) is 0 Å². The van der Waals surface area contributed by atoms with Crippen LogP contribution < -0.4 is 4.90 Å². The minimum Gasteiger partial charge on any atom is -0.441 e. The monoisotopic (exact) mass is 261 g/mol. The topological polar surface area (TPSA) is 49.8 Å². The van der Waals surface area contributed by atoms with Gasteiger partial charge < -0.3 is 9.84 Å². The number of benzene rings is 1. The minimum atomic E-state index is -4.46. The Morgan fingerprint density at radius 1 is 1.44 bits per heavy atom. The van der Waals surface area contributed by atoms with Crippen molar-refractivity contribution in [3.8, 4) is 0 Å². The van der Waals surface area contributed by atoms with Crippen LogP contribution in [-0.4, -0.2) is 30.5 Å². The van der Waals surface area contributed by atoms with Crippen molar-refractivity contribution in [3.63, 3.8) is 0 Å². The van der Waals surface area contributed by atoms with E-state index in [-0.39, 0.29) is 18.8 Å². The number of amides is 1. The summed E-state index contributed by atoms with van der Waals surface area (Å²) in [6.07, 6.45) is -5.92. The molecule has 0 unspecified atom stereocenters. The Kier molecular flexibility index (Phi) is 3.16. The Labute approximate surface area is 101 Å². The van der Waals surface area contributed by atoms with E-state index in [4.69, 9.17) is 9.84 Å². The molecule has 0 aliphatic carbocycles. The molecule has 0 spiro atoms. The van der Waals surface area contributed by atoms with Crippen molar-refractivity contribution in [1.29, 1.82) is 0 Å². The van der Waals surface area contributed by atoms with Crippen LogP contribution in [0, 0.1) is 0 Å². The number of hydrogen-bond donors (Lipinski definition) is 1. The van der Waals surface area contributed by atoms with Gasteiger partial charge in [-0.1, -0.05) is 6.07 Å². The zero-order chi connectivity index (χ0) is 13.3. The second kappa shape index (κ2) is 4.49. The van der Waals surface area contributed by atoms with Gasteiger partial charge in [0, 0.05) is 5.69 Å². The third kappa shape index (κ3) is 2.40. The van der Waals surface area contributed by atoms with Crippen LogP contribution in [0.2, 0.25) is 0 Å². The largest absolute Gasteiger partial charge is 0.441 e. The molecule has 98 valence electrons. The van der Waals surface area contributed by atoms with E-state index in [1.54, 1.807) is 0 Å². The van der Waals surface area contributed by atoms with Gasteiger partial charge in [0.05, 0.1) is 18.7 Å². The summed E-state index contributed by atoms with van der Waals surface area (Å²) in [5.74, 6) is 0. The number of carbonyl (C=O) groups is 1. The van der Waals surface area contributed by atoms with Crippen molar-refractivity contribution in [3.05, 3.63) is 29.8 Å². The molecule has 7 heteroatoms. The van der Waals surface area contributed by atoms with Crippen molar-refractivity contribution in [2.45, 2.75) is 12.3 Å². The van der Waals surface area contributed by atoms with Gasteiger partial charge in [-0.15, -0.1) is 0 Å². The van der Waals surface area contributed by atoms with Crippen molar-refractivity contribution in [2.75, 3.05) is 18.1 Å². The Hall–Kier alpha value is -1.76. The van der Waals surface area contributed by atoms with Crippen LogP contribution in [0.25, 0.3) is 0 Å². The Bertz CT molecular complexity index is 461. The number of carbonyl (C=O) groups excluding carboxylic acids is 1.